The van der Waals surface area contributed by atoms with Crippen LogP contribution in [0.2, 0.25) is 0 Å². The van der Waals surface area contributed by atoms with Crippen LogP contribution in [-0.4, -0.2) is 29.5 Å². The van der Waals surface area contributed by atoms with Gasteiger partial charge in [-0.15, -0.1) is 0 Å². The molecule has 0 bridgehead atoms. The molecule has 65 heavy (non-hydrogen) atoms. The van der Waals surface area contributed by atoms with Crippen molar-refractivity contribution in [2.45, 2.75) is 13.8 Å². The number of aryl methyl sites for hydroxylation is 2. The van der Waals surface area contributed by atoms with E-state index in [1.807, 2.05) is 29.1 Å². The summed E-state index contributed by atoms with van der Waals surface area (Å²) in [6.07, 6.45) is 9.21. The normalized spacial score (nSPS) is 11.2. The van der Waals surface area contributed by atoms with Gasteiger partial charge in [0.05, 0.1) is 11.4 Å². The predicted molar refractivity (Wildman–Crippen MR) is 265 cm³/mol. The van der Waals surface area contributed by atoms with Gasteiger partial charge in [-0.25, -0.2) is 15.0 Å². The number of imidazole rings is 1. The Morgan fingerprint density at radius 2 is 0.738 bits per heavy atom. The van der Waals surface area contributed by atoms with Crippen molar-refractivity contribution in [3.05, 3.63) is 230 Å². The van der Waals surface area contributed by atoms with Crippen LogP contribution >= 0.6 is 0 Å². The summed E-state index contributed by atoms with van der Waals surface area (Å²) in [7, 11) is 0. The highest BCUT2D eigenvalue weighted by molar-refractivity contribution is 5.95. The number of benzene rings is 7. The van der Waals surface area contributed by atoms with E-state index in [1.54, 1.807) is 18.7 Å². The second kappa shape index (κ2) is 16.9. The van der Waals surface area contributed by atoms with E-state index in [9.17, 15) is 0 Å². The molecule has 0 atom stereocenters. The Morgan fingerprint density at radius 3 is 1.22 bits per heavy atom. The van der Waals surface area contributed by atoms with Gasteiger partial charge >= 0.3 is 0 Å². The van der Waals surface area contributed by atoms with Gasteiger partial charge in [0.25, 0.3) is 0 Å². The molecule has 0 radical (unpaired) electrons. The van der Waals surface area contributed by atoms with Crippen LogP contribution in [0.1, 0.15) is 11.1 Å². The largest absolute Gasteiger partial charge is 0.282 e. The van der Waals surface area contributed by atoms with E-state index in [2.05, 4.69) is 205 Å². The van der Waals surface area contributed by atoms with E-state index in [0.29, 0.717) is 5.65 Å². The Bertz CT molecular complexity index is 3350. The van der Waals surface area contributed by atoms with E-state index in [1.165, 1.54) is 11.1 Å². The summed E-state index contributed by atoms with van der Waals surface area (Å²) in [6.45, 7) is 4.37. The van der Waals surface area contributed by atoms with Crippen LogP contribution in [0.4, 0.5) is 0 Å². The number of fused-ring (bicyclic) bond motifs is 1. The third-order valence-corrected chi connectivity index (χ3v) is 12.2. The van der Waals surface area contributed by atoms with Crippen molar-refractivity contribution in [2.75, 3.05) is 0 Å². The minimum atomic E-state index is 0.618. The zero-order valence-corrected chi connectivity index (χ0v) is 36.0. The number of rotatable bonds is 9. The summed E-state index contributed by atoms with van der Waals surface area (Å²) in [5.74, 6) is 0. The average molecular weight is 835 g/mol. The van der Waals surface area contributed by atoms with Gasteiger partial charge in [0.1, 0.15) is 6.33 Å². The first kappa shape index (κ1) is 39.3. The monoisotopic (exact) mass is 834 g/mol. The van der Waals surface area contributed by atoms with Crippen molar-refractivity contribution in [1.82, 2.24) is 29.5 Å². The van der Waals surface area contributed by atoms with E-state index in [-0.39, 0.29) is 0 Å². The van der Waals surface area contributed by atoms with Crippen LogP contribution in [0.3, 0.4) is 0 Å². The van der Waals surface area contributed by atoms with Crippen LogP contribution in [0.25, 0.3) is 106 Å². The van der Waals surface area contributed by atoms with Gasteiger partial charge in [0.2, 0.25) is 0 Å². The molecule has 0 spiro atoms. The molecule has 7 aromatic carbocycles. The Kier molecular flexibility index (Phi) is 10.2. The molecule has 11 aromatic rings. The molecule has 0 fully saturated rings. The number of aromatic nitrogens is 6. The highest BCUT2D eigenvalue weighted by Crippen LogP contribution is 2.43. The number of hydrogen-bond donors (Lipinski definition) is 0. The van der Waals surface area contributed by atoms with Crippen molar-refractivity contribution in [3.63, 3.8) is 0 Å². The number of hydrogen-bond acceptors (Lipinski definition) is 5. The van der Waals surface area contributed by atoms with Gasteiger partial charge < -0.3 is 0 Å². The molecule has 6 heteroatoms. The molecule has 0 aliphatic heterocycles. The second-order valence-electron chi connectivity index (χ2n) is 16.3. The maximum Gasteiger partial charge on any atom is 0.197 e. The molecule has 6 nitrogen and oxygen atoms in total. The van der Waals surface area contributed by atoms with Crippen molar-refractivity contribution < 1.29 is 0 Å². The van der Waals surface area contributed by atoms with Crippen LogP contribution in [0.15, 0.2) is 219 Å². The van der Waals surface area contributed by atoms with Crippen LogP contribution in [0, 0.1) is 13.8 Å². The fourth-order valence-corrected chi connectivity index (χ4v) is 8.97. The lowest BCUT2D eigenvalue weighted by Gasteiger charge is -2.19. The maximum absolute atomic E-state index is 5.00. The fourth-order valence-electron chi connectivity index (χ4n) is 8.97. The lowest BCUT2D eigenvalue weighted by molar-refractivity contribution is 1.07. The SMILES string of the molecule is Cc1cc(-c2ccccc2)ncc1-c1ccccc1-c1cc(-c2ccccc2-c2ccc(-n3cnc4nccnc43)cc2)cc(-c2ccccc2-c2cnc(-c3ccccc3)cc2C)c1. The molecule has 4 heterocycles. The molecular weight excluding hydrogens is 793 g/mol. The summed E-state index contributed by atoms with van der Waals surface area (Å²) < 4.78 is 1.97. The minimum absolute atomic E-state index is 0.618. The first-order valence-corrected chi connectivity index (χ1v) is 21.8. The summed E-state index contributed by atoms with van der Waals surface area (Å²) in [5.41, 5.74) is 22.2. The van der Waals surface area contributed by atoms with Gasteiger partial charge in [0, 0.05) is 52.7 Å². The highest BCUT2D eigenvalue weighted by atomic mass is 15.1. The smallest absolute Gasteiger partial charge is 0.197 e. The summed E-state index contributed by atoms with van der Waals surface area (Å²) in [5, 5.41) is 0. The molecule has 0 saturated heterocycles. The van der Waals surface area contributed by atoms with E-state index in [4.69, 9.17) is 9.97 Å². The van der Waals surface area contributed by atoms with Crippen molar-refractivity contribution >= 4 is 11.3 Å². The molecule has 0 saturated carbocycles. The Hall–Kier alpha value is -8.61. The van der Waals surface area contributed by atoms with Crippen molar-refractivity contribution in [1.29, 1.82) is 0 Å². The maximum atomic E-state index is 5.00. The minimum Gasteiger partial charge on any atom is -0.282 e. The van der Waals surface area contributed by atoms with Crippen molar-refractivity contribution in [2.24, 2.45) is 0 Å². The van der Waals surface area contributed by atoms with Gasteiger partial charge in [-0.3, -0.25) is 14.5 Å². The zero-order chi connectivity index (χ0) is 43.7. The Morgan fingerprint density at radius 1 is 0.323 bits per heavy atom. The zero-order valence-electron chi connectivity index (χ0n) is 36.0. The molecule has 0 N–H and O–H groups in total. The molecule has 0 aliphatic carbocycles. The van der Waals surface area contributed by atoms with Gasteiger partial charge in [-0.2, -0.15) is 0 Å². The standard InChI is InChI=1S/C59H42N6/c1-39-31-56(42-15-5-3-6-16-42)62-36-54(39)52-23-13-11-21-50(52)45-33-44(49-20-10-9-19-48(49)41-25-27-47(28-26-41)65-38-64-58-59(65)61-30-29-60-58)34-46(35-45)51-22-12-14-24-53(51)55-37-63-57(32-40(55)2)43-17-7-4-8-18-43/h3-38H,1-2H3. The average Bonchev–Trinajstić information content (AvgIpc) is 3.81. The first-order chi connectivity index (χ1) is 32.1. The number of pyridine rings is 2. The highest BCUT2D eigenvalue weighted by Gasteiger charge is 2.18. The Balaban J connectivity index is 1.07. The molecule has 308 valence electrons. The summed E-state index contributed by atoms with van der Waals surface area (Å²) in [4.78, 5) is 23.4. The summed E-state index contributed by atoms with van der Waals surface area (Å²) >= 11 is 0. The van der Waals surface area contributed by atoms with Gasteiger partial charge in [0.15, 0.2) is 11.3 Å². The molecule has 11 rings (SSSR count). The lowest BCUT2D eigenvalue weighted by Crippen LogP contribution is -1.95. The fraction of sp³-hybridized carbons (Fsp3) is 0.0339. The lowest BCUT2D eigenvalue weighted by atomic mass is 9.85. The first-order valence-electron chi connectivity index (χ1n) is 21.8. The quantitative estimate of drug-likeness (QED) is 0.145. The van der Waals surface area contributed by atoms with E-state index >= 15 is 0 Å². The van der Waals surface area contributed by atoms with Gasteiger partial charge in [-0.05, 0) is 123 Å². The molecule has 4 aromatic heterocycles. The molecule has 0 amide bonds. The van der Waals surface area contributed by atoms with Crippen LogP contribution in [0.5, 0.6) is 0 Å². The second-order valence-corrected chi connectivity index (χ2v) is 16.3. The molecule has 0 aliphatic rings. The van der Waals surface area contributed by atoms with Crippen LogP contribution < -0.4 is 0 Å². The third-order valence-electron chi connectivity index (χ3n) is 12.2. The topological polar surface area (TPSA) is 69.4 Å². The molecule has 0 unspecified atom stereocenters. The summed E-state index contributed by atoms with van der Waals surface area (Å²) in [6, 6.07) is 66.9. The third kappa shape index (κ3) is 7.57. The van der Waals surface area contributed by atoms with Gasteiger partial charge in [-0.1, -0.05) is 146 Å². The number of nitrogens with zero attached hydrogens (tertiary/aromatic N) is 6. The predicted octanol–water partition coefficient (Wildman–Crippen LogP) is 14.6. The van der Waals surface area contributed by atoms with Crippen molar-refractivity contribution in [3.8, 4) is 95.0 Å². The van der Waals surface area contributed by atoms with E-state index < -0.39 is 0 Å². The molecular formula is C59H42N6. The Labute approximate surface area is 378 Å². The van der Waals surface area contributed by atoms with Crippen LogP contribution in [-0.2, 0) is 0 Å². The van der Waals surface area contributed by atoms with E-state index in [0.717, 1.165) is 101 Å².